The Kier molecular flexibility index (Phi) is 4.56. The van der Waals surface area contributed by atoms with E-state index in [9.17, 15) is 4.79 Å². The third kappa shape index (κ3) is 3.61. The molecule has 4 rings (SSSR count). The van der Waals surface area contributed by atoms with Gasteiger partial charge in [-0.2, -0.15) is 0 Å². The second-order valence-corrected chi connectivity index (χ2v) is 6.48. The molecular weight excluding hydrogens is 318 g/mol. The Morgan fingerprint density at radius 2 is 2.04 bits per heavy atom. The van der Waals surface area contributed by atoms with Crippen molar-refractivity contribution >= 4 is 11.9 Å². The highest BCUT2D eigenvalue weighted by molar-refractivity contribution is 5.81. The largest absolute Gasteiger partial charge is 0.363 e. The van der Waals surface area contributed by atoms with E-state index in [0.717, 1.165) is 37.6 Å². The summed E-state index contributed by atoms with van der Waals surface area (Å²) in [5.74, 6) is 1.10. The molecule has 25 heavy (non-hydrogen) atoms. The van der Waals surface area contributed by atoms with Gasteiger partial charge >= 0.3 is 0 Å². The number of aromatic nitrogens is 3. The molecule has 2 aliphatic heterocycles. The van der Waals surface area contributed by atoms with Crippen molar-refractivity contribution in [1.82, 2.24) is 20.3 Å². The van der Waals surface area contributed by atoms with Crippen LogP contribution in [0.15, 0.2) is 42.9 Å². The van der Waals surface area contributed by atoms with Crippen LogP contribution < -0.4 is 10.2 Å². The molecule has 1 amide bonds. The monoisotopic (exact) mass is 339 g/mol. The number of hydrogen-bond acceptors (Lipinski definition) is 6. The van der Waals surface area contributed by atoms with Crippen LogP contribution in [0.4, 0.5) is 5.95 Å². The van der Waals surface area contributed by atoms with E-state index in [4.69, 9.17) is 4.74 Å². The van der Waals surface area contributed by atoms with Gasteiger partial charge in [-0.15, -0.1) is 0 Å². The average molecular weight is 339 g/mol. The van der Waals surface area contributed by atoms with E-state index in [2.05, 4.69) is 25.2 Å². The van der Waals surface area contributed by atoms with Crippen molar-refractivity contribution in [3.63, 3.8) is 0 Å². The highest BCUT2D eigenvalue weighted by atomic mass is 16.5. The third-order valence-corrected chi connectivity index (χ3v) is 4.85. The van der Waals surface area contributed by atoms with Crippen molar-refractivity contribution < 1.29 is 9.53 Å². The summed E-state index contributed by atoms with van der Waals surface area (Å²) in [5, 5.41) is 2.93. The van der Waals surface area contributed by atoms with Gasteiger partial charge in [0.05, 0.1) is 18.3 Å². The Morgan fingerprint density at radius 1 is 1.20 bits per heavy atom. The molecule has 1 N–H and O–H groups in total. The fourth-order valence-corrected chi connectivity index (χ4v) is 3.53. The summed E-state index contributed by atoms with van der Waals surface area (Å²) in [4.78, 5) is 27.4. The lowest BCUT2D eigenvalue weighted by Gasteiger charge is -2.33. The van der Waals surface area contributed by atoms with Gasteiger partial charge in [-0.05, 0) is 37.0 Å². The highest BCUT2D eigenvalue weighted by Crippen LogP contribution is 2.34. The van der Waals surface area contributed by atoms with Crippen molar-refractivity contribution in [1.29, 1.82) is 0 Å². The lowest BCUT2D eigenvalue weighted by Crippen LogP contribution is -2.43. The molecule has 2 fully saturated rings. The van der Waals surface area contributed by atoms with Crippen LogP contribution in [0.3, 0.4) is 0 Å². The SMILES string of the molecule is O=C(NCc1ccccn1)[C@@H]1C[C@H]2CCN(c3ncccn3)C[C@@H]2O1. The first kappa shape index (κ1) is 16.0. The topological polar surface area (TPSA) is 80.2 Å². The molecule has 0 saturated carbocycles. The number of amides is 1. The van der Waals surface area contributed by atoms with Crippen molar-refractivity contribution in [2.75, 3.05) is 18.0 Å². The zero-order chi connectivity index (χ0) is 17.1. The van der Waals surface area contributed by atoms with E-state index in [1.807, 2.05) is 24.3 Å². The number of pyridine rings is 1. The summed E-state index contributed by atoms with van der Waals surface area (Å²) in [7, 11) is 0. The number of carbonyl (C=O) groups is 1. The predicted octanol–water partition coefficient (Wildman–Crippen LogP) is 1.17. The summed E-state index contributed by atoms with van der Waals surface area (Å²) < 4.78 is 6.04. The van der Waals surface area contributed by atoms with Gasteiger partial charge in [0.1, 0.15) is 6.10 Å². The maximum Gasteiger partial charge on any atom is 0.249 e. The number of nitrogens with zero attached hydrogens (tertiary/aromatic N) is 4. The van der Waals surface area contributed by atoms with Gasteiger partial charge in [0.15, 0.2) is 0 Å². The first-order chi connectivity index (χ1) is 12.3. The Hall–Kier alpha value is -2.54. The molecule has 3 atom stereocenters. The maximum atomic E-state index is 12.4. The first-order valence-electron chi connectivity index (χ1n) is 8.64. The zero-order valence-corrected chi connectivity index (χ0v) is 13.9. The highest BCUT2D eigenvalue weighted by Gasteiger charge is 2.42. The van der Waals surface area contributed by atoms with E-state index in [1.54, 1.807) is 18.6 Å². The summed E-state index contributed by atoms with van der Waals surface area (Å²) in [6.07, 6.45) is 6.67. The molecule has 2 aromatic rings. The Labute approximate surface area is 146 Å². The van der Waals surface area contributed by atoms with Crippen LogP contribution >= 0.6 is 0 Å². The molecule has 2 aromatic heterocycles. The second-order valence-electron chi connectivity index (χ2n) is 6.48. The quantitative estimate of drug-likeness (QED) is 0.901. The van der Waals surface area contributed by atoms with Crippen molar-refractivity contribution in [3.05, 3.63) is 48.5 Å². The van der Waals surface area contributed by atoms with Crippen LogP contribution in [0.1, 0.15) is 18.5 Å². The maximum absolute atomic E-state index is 12.4. The van der Waals surface area contributed by atoms with Crippen LogP contribution in [0.2, 0.25) is 0 Å². The molecule has 7 heteroatoms. The number of fused-ring (bicyclic) bond motifs is 1. The van der Waals surface area contributed by atoms with Gasteiger partial charge in [-0.3, -0.25) is 9.78 Å². The first-order valence-corrected chi connectivity index (χ1v) is 8.64. The normalized spacial score (nSPS) is 25.4. The summed E-state index contributed by atoms with van der Waals surface area (Å²) in [6.45, 7) is 2.06. The average Bonchev–Trinajstić information content (AvgIpc) is 3.11. The zero-order valence-electron chi connectivity index (χ0n) is 13.9. The summed E-state index contributed by atoms with van der Waals surface area (Å²) in [6, 6.07) is 7.48. The Balaban J connectivity index is 1.32. The number of ether oxygens (including phenoxy) is 1. The molecule has 2 saturated heterocycles. The van der Waals surface area contributed by atoms with E-state index < -0.39 is 0 Å². The van der Waals surface area contributed by atoms with Gasteiger partial charge < -0.3 is 15.0 Å². The minimum absolute atomic E-state index is 0.0532. The molecule has 4 heterocycles. The molecule has 0 bridgehead atoms. The number of piperidine rings is 1. The molecular formula is C18H21N5O2. The number of anilines is 1. The Bertz CT molecular complexity index is 712. The molecule has 7 nitrogen and oxygen atoms in total. The third-order valence-electron chi connectivity index (χ3n) is 4.85. The molecule has 0 aliphatic carbocycles. The second kappa shape index (κ2) is 7.14. The minimum Gasteiger partial charge on any atom is -0.363 e. The lowest BCUT2D eigenvalue weighted by atomic mass is 9.92. The molecule has 0 spiro atoms. The summed E-state index contributed by atoms with van der Waals surface area (Å²) >= 11 is 0. The lowest BCUT2D eigenvalue weighted by molar-refractivity contribution is -0.132. The van der Waals surface area contributed by atoms with Crippen LogP contribution in [0.25, 0.3) is 0 Å². The molecule has 2 aliphatic rings. The smallest absolute Gasteiger partial charge is 0.249 e. The van der Waals surface area contributed by atoms with E-state index >= 15 is 0 Å². The van der Waals surface area contributed by atoms with Gasteiger partial charge in [-0.25, -0.2) is 9.97 Å². The van der Waals surface area contributed by atoms with Gasteiger partial charge in [0.25, 0.3) is 0 Å². The van der Waals surface area contributed by atoms with E-state index in [1.165, 1.54) is 0 Å². The fourth-order valence-electron chi connectivity index (χ4n) is 3.53. The van der Waals surface area contributed by atoms with E-state index in [-0.39, 0.29) is 18.1 Å². The van der Waals surface area contributed by atoms with Crippen molar-refractivity contribution in [3.8, 4) is 0 Å². The fraction of sp³-hybridized carbons (Fsp3) is 0.444. The number of rotatable bonds is 4. The van der Waals surface area contributed by atoms with Crippen molar-refractivity contribution in [2.24, 2.45) is 5.92 Å². The molecule has 0 radical (unpaired) electrons. The van der Waals surface area contributed by atoms with Crippen molar-refractivity contribution in [2.45, 2.75) is 31.6 Å². The molecule has 0 unspecified atom stereocenters. The predicted molar refractivity (Wildman–Crippen MR) is 91.7 cm³/mol. The molecule has 0 aromatic carbocycles. The van der Waals surface area contributed by atoms with Gasteiger partial charge in [-0.1, -0.05) is 6.07 Å². The van der Waals surface area contributed by atoms with Crippen LogP contribution in [-0.2, 0) is 16.1 Å². The van der Waals surface area contributed by atoms with Gasteiger partial charge in [0, 0.05) is 31.7 Å². The number of hydrogen-bond donors (Lipinski definition) is 1. The standard InChI is InChI=1S/C18H21N5O2/c24-17(22-11-14-4-1-2-6-19-14)15-10-13-5-9-23(12-16(13)25-15)18-20-7-3-8-21-18/h1-4,6-8,13,15-16H,5,9-12H2,(H,22,24)/t13-,15+,16+/m1/s1. The van der Waals surface area contributed by atoms with E-state index in [0.29, 0.717) is 12.5 Å². The number of nitrogens with one attached hydrogen (secondary N) is 1. The van der Waals surface area contributed by atoms with Crippen LogP contribution in [0, 0.1) is 5.92 Å². The van der Waals surface area contributed by atoms with Gasteiger partial charge in [0.2, 0.25) is 11.9 Å². The van der Waals surface area contributed by atoms with Crippen LogP contribution in [-0.4, -0.2) is 46.2 Å². The van der Waals surface area contributed by atoms with Crippen LogP contribution in [0.5, 0.6) is 0 Å². The Morgan fingerprint density at radius 3 is 2.84 bits per heavy atom. The number of carbonyl (C=O) groups excluding carboxylic acids is 1. The summed E-state index contributed by atoms with van der Waals surface area (Å²) in [5.41, 5.74) is 0.846. The molecule has 130 valence electrons. The minimum atomic E-state index is -0.379.